The first-order chi connectivity index (χ1) is 16.1. The molecule has 2 aromatic carbocycles. The molecule has 0 aliphatic carbocycles. The van der Waals surface area contributed by atoms with E-state index in [4.69, 9.17) is 0 Å². The molecule has 34 heavy (non-hydrogen) atoms. The van der Waals surface area contributed by atoms with Crippen LogP contribution in [0.5, 0.6) is 0 Å². The Morgan fingerprint density at radius 3 is 2.35 bits per heavy atom. The van der Waals surface area contributed by atoms with Crippen molar-refractivity contribution < 1.29 is 22.8 Å². The number of benzene rings is 2. The van der Waals surface area contributed by atoms with Crippen molar-refractivity contribution in [3.8, 4) is 0 Å². The van der Waals surface area contributed by atoms with Gasteiger partial charge in [0, 0.05) is 30.6 Å². The molecule has 3 atom stereocenters. The first-order valence-corrected chi connectivity index (χ1v) is 12.0. The van der Waals surface area contributed by atoms with Gasteiger partial charge in [0.15, 0.2) is 0 Å². The fourth-order valence-corrected chi connectivity index (χ4v) is 6.95. The summed E-state index contributed by atoms with van der Waals surface area (Å²) in [5.74, 6) is -2.59. The Morgan fingerprint density at radius 1 is 1.00 bits per heavy atom. The lowest BCUT2D eigenvalue weighted by Gasteiger charge is -2.30. The van der Waals surface area contributed by atoms with E-state index in [-0.39, 0.29) is 10.6 Å². The average molecular weight is 506 g/mol. The molecule has 2 aliphatic rings. The summed E-state index contributed by atoms with van der Waals surface area (Å²) in [7, 11) is 3.79. The van der Waals surface area contributed by atoms with Gasteiger partial charge in [-0.25, -0.2) is 4.90 Å². The molecule has 3 aromatic rings. The van der Waals surface area contributed by atoms with Gasteiger partial charge in [-0.15, -0.1) is 0 Å². The number of anilines is 2. The summed E-state index contributed by atoms with van der Waals surface area (Å²) < 4.78 is 39.8. The summed E-state index contributed by atoms with van der Waals surface area (Å²) in [5, 5.41) is -0.344. The lowest BCUT2D eigenvalue weighted by atomic mass is 9.83. The van der Waals surface area contributed by atoms with E-state index in [1.54, 1.807) is 0 Å². The molecular formula is C23H18F3N3O3S2. The number of H-pyrrole nitrogens is 1. The number of aromatic nitrogens is 1. The smallest absolute Gasteiger partial charge is 0.378 e. The van der Waals surface area contributed by atoms with Gasteiger partial charge >= 0.3 is 11.0 Å². The monoisotopic (exact) mass is 505 g/mol. The number of fused-ring (bicyclic) bond motifs is 2. The Morgan fingerprint density at radius 2 is 1.71 bits per heavy atom. The molecule has 11 heteroatoms. The molecule has 176 valence electrons. The van der Waals surface area contributed by atoms with E-state index in [9.17, 15) is 27.6 Å². The lowest BCUT2D eigenvalue weighted by Crippen LogP contribution is -2.32. The zero-order chi connectivity index (χ0) is 24.4. The fourth-order valence-electron chi connectivity index (χ4n) is 4.43. The summed E-state index contributed by atoms with van der Waals surface area (Å²) in [6.07, 6.45) is -4.61. The first kappa shape index (κ1) is 22.7. The van der Waals surface area contributed by atoms with E-state index in [1.165, 1.54) is 12.1 Å². The van der Waals surface area contributed by atoms with Gasteiger partial charge in [-0.05, 0) is 35.9 Å². The number of amides is 2. The number of imide groups is 1. The van der Waals surface area contributed by atoms with Crippen molar-refractivity contribution in [3.05, 3.63) is 74.2 Å². The van der Waals surface area contributed by atoms with Gasteiger partial charge in [0.1, 0.15) is 5.25 Å². The van der Waals surface area contributed by atoms with E-state index < -0.39 is 40.6 Å². The van der Waals surface area contributed by atoms with Crippen molar-refractivity contribution in [2.45, 2.75) is 22.4 Å². The normalized spacial score (nSPS) is 22.0. The van der Waals surface area contributed by atoms with Gasteiger partial charge in [-0.2, -0.15) is 13.2 Å². The predicted molar refractivity (Wildman–Crippen MR) is 125 cm³/mol. The van der Waals surface area contributed by atoms with E-state index in [0.717, 1.165) is 51.4 Å². The van der Waals surface area contributed by atoms with Crippen LogP contribution >= 0.6 is 23.1 Å². The molecule has 0 bridgehead atoms. The van der Waals surface area contributed by atoms with E-state index in [0.29, 0.717) is 9.90 Å². The van der Waals surface area contributed by atoms with Crippen molar-refractivity contribution in [1.29, 1.82) is 0 Å². The Labute approximate surface area is 200 Å². The maximum atomic E-state index is 13.6. The van der Waals surface area contributed by atoms with Crippen LogP contribution in [0.15, 0.2) is 58.4 Å². The van der Waals surface area contributed by atoms with E-state index in [1.807, 2.05) is 43.3 Å². The molecule has 1 saturated heterocycles. The third kappa shape index (κ3) is 3.63. The Kier molecular flexibility index (Phi) is 5.36. The Balaban J connectivity index is 1.60. The number of carbonyl (C=O) groups is 2. The molecular weight excluding hydrogens is 487 g/mol. The van der Waals surface area contributed by atoms with Gasteiger partial charge in [0.25, 0.3) is 0 Å². The number of carbonyl (C=O) groups excluding carboxylic acids is 2. The Bertz CT molecular complexity index is 1350. The zero-order valence-electron chi connectivity index (χ0n) is 17.9. The molecule has 2 amide bonds. The second kappa shape index (κ2) is 8.02. The minimum atomic E-state index is -4.61. The third-order valence-corrected chi connectivity index (χ3v) is 8.43. The molecule has 1 N–H and O–H groups in total. The van der Waals surface area contributed by atoms with Crippen LogP contribution in [0.4, 0.5) is 24.5 Å². The quantitative estimate of drug-likeness (QED) is 0.537. The summed E-state index contributed by atoms with van der Waals surface area (Å²) in [6.45, 7) is 0. The number of hydrogen-bond acceptors (Lipinski definition) is 6. The highest BCUT2D eigenvalue weighted by molar-refractivity contribution is 8.00. The van der Waals surface area contributed by atoms with E-state index in [2.05, 4.69) is 4.98 Å². The van der Waals surface area contributed by atoms with E-state index >= 15 is 0 Å². The number of thiazole rings is 1. The molecule has 1 fully saturated rings. The number of nitrogens with zero attached hydrogens (tertiary/aromatic N) is 2. The van der Waals surface area contributed by atoms with Crippen molar-refractivity contribution in [3.63, 3.8) is 0 Å². The van der Waals surface area contributed by atoms with Crippen LogP contribution in [0.25, 0.3) is 0 Å². The number of thioether (sulfide) groups is 1. The predicted octanol–water partition coefficient (Wildman–Crippen LogP) is 4.32. The van der Waals surface area contributed by atoms with Crippen molar-refractivity contribution in [2.24, 2.45) is 5.92 Å². The standard InChI is InChI=1S/C23H18F3N3O3S2/c1-28(2)13-8-6-11(7-9-13)15-16-18(33-19-17(15)34-22(32)27-19)21(31)29(20(16)30)14-5-3-4-12(10-14)23(24,25)26/h3-10,15-16,18H,1-2H3,(H,27,32)/t15-,16-,18+/m0/s1. The minimum Gasteiger partial charge on any atom is -0.378 e. The fraction of sp³-hybridized carbons (Fsp3) is 0.261. The molecule has 0 spiro atoms. The summed E-state index contributed by atoms with van der Waals surface area (Å²) in [4.78, 5) is 45.0. The summed E-state index contributed by atoms with van der Waals surface area (Å²) in [6, 6.07) is 11.7. The maximum Gasteiger partial charge on any atom is 0.416 e. The molecule has 0 radical (unpaired) electrons. The molecule has 6 nitrogen and oxygen atoms in total. The van der Waals surface area contributed by atoms with Crippen LogP contribution in [-0.4, -0.2) is 36.1 Å². The molecule has 2 aliphatic heterocycles. The van der Waals surface area contributed by atoms with Crippen LogP contribution in [0.2, 0.25) is 0 Å². The number of rotatable bonds is 3. The number of halogens is 3. The number of nitrogens with one attached hydrogen (secondary N) is 1. The number of hydrogen-bond donors (Lipinski definition) is 1. The van der Waals surface area contributed by atoms with Gasteiger partial charge in [-0.1, -0.05) is 41.3 Å². The average Bonchev–Trinajstić information content (AvgIpc) is 3.28. The molecule has 5 rings (SSSR count). The highest BCUT2D eigenvalue weighted by Gasteiger charge is 2.56. The van der Waals surface area contributed by atoms with Crippen molar-refractivity contribution in [2.75, 3.05) is 23.9 Å². The van der Waals surface area contributed by atoms with Crippen LogP contribution in [0, 0.1) is 5.92 Å². The van der Waals surface area contributed by atoms with Crippen molar-refractivity contribution >= 4 is 46.3 Å². The van der Waals surface area contributed by atoms with Crippen LogP contribution in [0.3, 0.4) is 0 Å². The largest absolute Gasteiger partial charge is 0.416 e. The Hall–Kier alpha value is -3.05. The molecule has 0 saturated carbocycles. The van der Waals surface area contributed by atoms with Gasteiger partial charge < -0.3 is 9.88 Å². The maximum absolute atomic E-state index is 13.6. The number of aromatic amines is 1. The lowest BCUT2D eigenvalue weighted by molar-refractivity contribution is -0.137. The first-order valence-electron chi connectivity index (χ1n) is 10.3. The SMILES string of the molecule is CN(C)c1ccc([C@@H]2c3sc(=O)[nH]c3S[C@H]3C(=O)N(c4cccc(C(F)(F)F)c4)C(=O)[C@@H]23)cc1. The highest BCUT2D eigenvalue weighted by atomic mass is 32.2. The minimum absolute atomic E-state index is 0.113. The summed E-state index contributed by atoms with van der Waals surface area (Å²) >= 11 is 2.07. The van der Waals surface area contributed by atoms with Crippen LogP contribution in [0.1, 0.15) is 21.9 Å². The zero-order valence-corrected chi connectivity index (χ0v) is 19.6. The topological polar surface area (TPSA) is 73.5 Å². The summed E-state index contributed by atoms with van der Waals surface area (Å²) in [5.41, 5.74) is 0.641. The van der Waals surface area contributed by atoms with Crippen LogP contribution in [-0.2, 0) is 15.8 Å². The van der Waals surface area contributed by atoms with Gasteiger partial charge in [-0.3, -0.25) is 14.4 Å². The van der Waals surface area contributed by atoms with Crippen LogP contribution < -0.4 is 14.7 Å². The van der Waals surface area contributed by atoms with Gasteiger partial charge in [0.2, 0.25) is 11.8 Å². The number of alkyl halides is 3. The second-order valence-electron chi connectivity index (χ2n) is 8.30. The molecule has 3 heterocycles. The second-order valence-corrected chi connectivity index (χ2v) is 10.5. The molecule has 1 aromatic heterocycles. The highest BCUT2D eigenvalue weighted by Crippen LogP contribution is 2.53. The van der Waals surface area contributed by atoms with Gasteiger partial charge in [0.05, 0.1) is 22.2 Å². The third-order valence-electron chi connectivity index (χ3n) is 6.02. The molecule has 0 unspecified atom stereocenters. The van der Waals surface area contributed by atoms with Crippen molar-refractivity contribution in [1.82, 2.24) is 4.98 Å².